The van der Waals surface area contributed by atoms with Crippen molar-refractivity contribution < 1.29 is 32.2 Å². The second-order valence-corrected chi connectivity index (χ2v) is 5.19. The van der Waals surface area contributed by atoms with Crippen molar-refractivity contribution in [1.82, 2.24) is 10.6 Å². The van der Waals surface area contributed by atoms with Crippen LogP contribution in [0.3, 0.4) is 0 Å². The first-order valence-electron chi connectivity index (χ1n) is 7.67. The maximum absolute atomic E-state index is 12.1. The van der Waals surface area contributed by atoms with Crippen molar-refractivity contribution in [3.8, 4) is 5.75 Å². The lowest BCUT2D eigenvalue weighted by Crippen LogP contribution is -2.35. The largest absolute Gasteiger partial charge is 0.484 e. The lowest BCUT2D eigenvalue weighted by atomic mass is 10.2. The van der Waals surface area contributed by atoms with E-state index >= 15 is 0 Å². The zero-order valence-corrected chi connectivity index (χ0v) is 13.8. The van der Waals surface area contributed by atoms with Gasteiger partial charge in [0.1, 0.15) is 5.75 Å². The Morgan fingerprint density at radius 2 is 1.92 bits per heavy atom. The van der Waals surface area contributed by atoms with Gasteiger partial charge in [-0.2, -0.15) is 13.2 Å². The molecule has 0 aliphatic heterocycles. The molecule has 0 radical (unpaired) electrons. The summed E-state index contributed by atoms with van der Waals surface area (Å²) < 4.78 is 45.5. The number of methoxy groups -OCH3 is 1. The van der Waals surface area contributed by atoms with Crippen molar-refractivity contribution in [2.45, 2.75) is 32.0 Å². The fraction of sp³-hybridized carbons (Fsp3) is 0.500. The SMILES string of the molecule is COC(=O)CCCCNC(=O)NCc1cccc(OCC(F)(F)F)c1. The summed E-state index contributed by atoms with van der Waals surface area (Å²) in [5.74, 6) is -0.211. The van der Waals surface area contributed by atoms with Gasteiger partial charge >= 0.3 is 18.2 Å². The van der Waals surface area contributed by atoms with Crippen LogP contribution in [0.15, 0.2) is 24.3 Å². The van der Waals surface area contributed by atoms with Crippen molar-refractivity contribution in [2.24, 2.45) is 0 Å². The molecular formula is C16H21F3N2O4. The highest BCUT2D eigenvalue weighted by Gasteiger charge is 2.28. The van der Waals surface area contributed by atoms with Crippen LogP contribution >= 0.6 is 0 Å². The molecule has 0 saturated heterocycles. The van der Waals surface area contributed by atoms with Crippen LogP contribution in [0.2, 0.25) is 0 Å². The highest BCUT2D eigenvalue weighted by molar-refractivity contribution is 5.73. The molecule has 1 aromatic carbocycles. The molecule has 25 heavy (non-hydrogen) atoms. The van der Waals surface area contributed by atoms with Gasteiger partial charge < -0.3 is 20.1 Å². The molecule has 0 fully saturated rings. The number of hydrogen-bond donors (Lipinski definition) is 2. The molecule has 0 atom stereocenters. The van der Waals surface area contributed by atoms with Crippen LogP contribution in [0.1, 0.15) is 24.8 Å². The normalized spacial score (nSPS) is 10.9. The molecule has 0 aromatic heterocycles. The average molecular weight is 362 g/mol. The van der Waals surface area contributed by atoms with Gasteiger partial charge in [0.2, 0.25) is 0 Å². The van der Waals surface area contributed by atoms with Crippen LogP contribution in [0.25, 0.3) is 0 Å². The number of ether oxygens (including phenoxy) is 2. The summed E-state index contributed by atoms with van der Waals surface area (Å²) in [4.78, 5) is 22.5. The van der Waals surface area contributed by atoms with Gasteiger partial charge in [-0.1, -0.05) is 12.1 Å². The molecule has 9 heteroatoms. The van der Waals surface area contributed by atoms with E-state index < -0.39 is 18.8 Å². The lowest BCUT2D eigenvalue weighted by molar-refractivity contribution is -0.153. The fourth-order valence-electron chi connectivity index (χ4n) is 1.85. The standard InChI is InChI=1S/C16H21F3N2O4/c1-24-14(22)7-2-3-8-20-15(23)21-10-12-5-4-6-13(9-12)25-11-16(17,18)19/h4-6,9H,2-3,7-8,10-11H2,1H3,(H2,20,21,23). The van der Waals surface area contributed by atoms with Crippen LogP contribution in [-0.4, -0.2) is 38.4 Å². The van der Waals surface area contributed by atoms with E-state index in [1.165, 1.54) is 19.2 Å². The van der Waals surface area contributed by atoms with Gasteiger partial charge in [-0.05, 0) is 30.5 Å². The molecule has 0 heterocycles. The molecule has 6 nitrogen and oxygen atoms in total. The van der Waals surface area contributed by atoms with Crippen molar-refractivity contribution in [3.05, 3.63) is 29.8 Å². The number of alkyl halides is 3. The number of halogens is 3. The number of nitrogens with one attached hydrogen (secondary N) is 2. The smallest absolute Gasteiger partial charge is 0.422 e. The van der Waals surface area contributed by atoms with Crippen molar-refractivity contribution in [1.29, 1.82) is 0 Å². The molecule has 2 N–H and O–H groups in total. The monoisotopic (exact) mass is 362 g/mol. The first-order chi connectivity index (χ1) is 11.8. The Hall–Kier alpha value is -2.45. The number of carbonyl (C=O) groups is 2. The van der Waals surface area contributed by atoms with Gasteiger partial charge in [0.15, 0.2) is 6.61 Å². The van der Waals surface area contributed by atoms with Gasteiger partial charge in [0.25, 0.3) is 0 Å². The second-order valence-electron chi connectivity index (χ2n) is 5.19. The first kappa shape index (κ1) is 20.6. The minimum Gasteiger partial charge on any atom is -0.484 e. The van der Waals surface area contributed by atoms with E-state index in [1.807, 2.05) is 0 Å². The molecule has 2 amide bonds. The van der Waals surface area contributed by atoms with Gasteiger partial charge in [-0.15, -0.1) is 0 Å². The summed E-state index contributed by atoms with van der Waals surface area (Å²) in [6.45, 7) is -0.815. The van der Waals surface area contributed by atoms with Crippen LogP contribution < -0.4 is 15.4 Å². The molecule has 0 aliphatic rings. The van der Waals surface area contributed by atoms with E-state index in [0.29, 0.717) is 31.4 Å². The number of esters is 1. The summed E-state index contributed by atoms with van der Waals surface area (Å²) >= 11 is 0. The minimum absolute atomic E-state index is 0.0832. The quantitative estimate of drug-likeness (QED) is 0.523. The maximum Gasteiger partial charge on any atom is 0.422 e. The first-order valence-corrected chi connectivity index (χ1v) is 7.67. The second kappa shape index (κ2) is 10.4. The lowest BCUT2D eigenvalue weighted by Gasteiger charge is -2.11. The van der Waals surface area contributed by atoms with E-state index in [1.54, 1.807) is 12.1 Å². The molecule has 1 rings (SSSR count). The van der Waals surface area contributed by atoms with Crippen LogP contribution in [-0.2, 0) is 16.1 Å². The summed E-state index contributed by atoms with van der Waals surface area (Å²) in [5, 5.41) is 5.21. The number of unbranched alkanes of at least 4 members (excludes halogenated alkanes) is 1. The summed E-state index contributed by atoms with van der Waals surface area (Å²) in [5.41, 5.74) is 0.612. The zero-order chi connectivity index (χ0) is 18.7. The molecule has 0 bridgehead atoms. The molecule has 140 valence electrons. The molecule has 1 aromatic rings. The molecule has 0 aliphatic carbocycles. The van der Waals surface area contributed by atoms with Crippen LogP contribution in [0, 0.1) is 0 Å². The zero-order valence-electron chi connectivity index (χ0n) is 13.8. The van der Waals surface area contributed by atoms with E-state index in [2.05, 4.69) is 20.1 Å². The van der Waals surface area contributed by atoms with E-state index in [9.17, 15) is 22.8 Å². The number of benzene rings is 1. The molecule has 0 unspecified atom stereocenters. The average Bonchev–Trinajstić information content (AvgIpc) is 2.57. The van der Waals surface area contributed by atoms with Gasteiger partial charge in [0.05, 0.1) is 7.11 Å². The highest BCUT2D eigenvalue weighted by Crippen LogP contribution is 2.19. The van der Waals surface area contributed by atoms with E-state index in [-0.39, 0.29) is 18.3 Å². The maximum atomic E-state index is 12.1. The number of rotatable bonds is 9. The summed E-state index contributed by atoms with van der Waals surface area (Å²) in [6, 6.07) is 5.66. The predicted octanol–water partition coefficient (Wildman–Crippen LogP) is 2.77. The number of carbonyl (C=O) groups excluding carboxylic acids is 2. The van der Waals surface area contributed by atoms with E-state index in [0.717, 1.165) is 0 Å². The third-order valence-corrected chi connectivity index (χ3v) is 3.07. The predicted molar refractivity (Wildman–Crippen MR) is 84.1 cm³/mol. The Labute approximate surface area is 143 Å². The molecule has 0 spiro atoms. The minimum atomic E-state index is -4.40. The van der Waals surface area contributed by atoms with Gasteiger partial charge in [0, 0.05) is 19.5 Å². The number of amides is 2. The summed E-state index contributed by atoms with van der Waals surface area (Å²) in [6.07, 6.45) is -2.87. The van der Waals surface area contributed by atoms with Crippen molar-refractivity contribution in [3.63, 3.8) is 0 Å². The third kappa shape index (κ3) is 10.1. The fourth-order valence-corrected chi connectivity index (χ4v) is 1.85. The summed E-state index contributed by atoms with van der Waals surface area (Å²) in [7, 11) is 1.32. The van der Waals surface area contributed by atoms with Gasteiger partial charge in [-0.3, -0.25) is 4.79 Å². The third-order valence-electron chi connectivity index (χ3n) is 3.07. The van der Waals surface area contributed by atoms with Crippen LogP contribution in [0.5, 0.6) is 5.75 Å². The van der Waals surface area contributed by atoms with E-state index in [4.69, 9.17) is 0 Å². The Balaban J connectivity index is 2.26. The molecular weight excluding hydrogens is 341 g/mol. The highest BCUT2D eigenvalue weighted by atomic mass is 19.4. The Kier molecular flexibility index (Phi) is 8.59. The van der Waals surface area contributed by atoms with Gasteiger partial charge in [-0.25, -0.2) is 4.79 Å². The van der Waals surface area contributed by atoms with Crippen molar-refractivity contribution in [2.75, 3.05) is 20.3 Å². The number of urea groups is 1. The Morgan fingerprint density at radius 1 is 1.16 bits per heavy atom. The van der Waals surface area contributed by atoms with Crippen LogP contribution in [0.4, 0.5) is 18.0 Å². The number of hydrogen-bond acceptors (Lipinski definition) is 4. The Bertz CT molecular complexity index is 565. The topological polar surface area (TPSA) is 76.7 Å². The molecule has 0 saturated carbocycles. The Morgan fingerprint density at radius 3 is 2.60 bits per heavy atom. The van der Waals surface area contributed by atoms with Crippen molar-refractivity contribution >= 4 is 12.0 Å².